The van der Waals surface area contributed by atoms with Gasteiger partial charge in [-0.15, -0.1) is 0 Å². The number of rotatable bonds is 5. The first-order valence-corrected chi connectivity index (χ1v) is 12.3. The van der Waals surface area contributed by atoms with Gasteiger partial charge in [0, 0.05) is 48.0 Å². The number of benzene rings is 1. The smallest absolute Gasteiger partial charge is 0.323 e. The van der Waals surface area contributed by atoms with Crippen LogP contribution in [0.5, 0.6) is 5.75 Å². The van der Waals surface area contributed by atoms with E-state index in [1.165, 1.54) is 0 Å². The van der Waals surface area contributed by atoms with E-state index in [1.807, 2.05) is 18.3 Å². The fourth-order valence-corrected chi connectivity index (χ4v) is 4.48. The molecule has 4 bridgehead atoms. The maximum Gasteiger partial charge on any atom is 0.323 e. The summed E-state index contributed by atoms with van der Waals surface area (Å²) in [5, 5.41) is 7.74. The normalized spacial score (nSPS) is 20.5. The van der Waals surface area contributed by atoms with Crippen molar-refractivity contribution >= 4 is 22.6 Å². The van der Waals surface area contributed by atoms with E-state index in [2.05, 4.69) is 38.6 Å². The van der Waals surface area contributed by atoms with Gasteiger partial charge in [-0.05, 0) is 44.0 Å². The van der Waals surface area contributed by atoms with Crippen LogP contribution >= 0.6 is 0 Å². The van der Waals surface area contributed by atoms with Crippen LogP contribution in [0, 0.1) is 0 Å². The largest absolute Gasteiger partial charge is 0.492 e. The van der Waals surface area contributed by atoms with Gasteiger partial charge in [0.15, 0.2) is 5.82 Å². The van der Waals surface area contributed by atoms with Crippen LogP contribution in [0.3, 0.4) is 0 Å². The zero-order valence-electron chi connectivity index (χ0n) is 20.0. The SMILES string of the molecule is CCCOCc1ncc(-c2ccc3ncc4cc3c2OCCCOC(=O)[C@@H]2C[C@H](CCN2)N4)cn1. The summed E-state index contributed by atoms with van der Waals surface area (Å²) < 4.78 is 17.4. The van der Waals surface area contributed by atoms with Crippen LogP contribution in [0.15, 0.2) is 36.8 Å². The van der Waals surface area contributed by atoms with Crippen molar-refractivity contribution in [3.63, 3.8) is 0 Å². The van der Waals surface area contributed by atoms with Gasteiger partial charge in [0.2, 0.25) is 0 Å². The molecular formula is C26H31N5O4. The molecule has 1 saturated heterocycles. The van der Waals surface area contributed by atoms with E-state index in [1.54, 1.807) is 12.4 Å². The Kier molecular flexibility index (Phi) is 7.34. The first-order chi connectivity index (χ1) is 17.2. The molecule has 184 valence electrons. The Morgan fingerprint density at radius 3 is 2.83 bits per heavy atom. The lowest BCUT2D eigenvalue weighted by Crippen LogP contribution is -2.48. The maximum absolute atomic E-state index is 12.5. The molecule has 1 aromatic carbocycles. The summed E-state index contributed by atoms with van der Waals surface area (Å²) >= 11 is 0. The molecule has 0 spiro atoms. The van der Waals surface area contributed by atoms with Crippen molar-refractivity contribution in [2.75, 3.05) is 31.7 Å². The molecule has 1 fully saturated rings. The number of hydrogen-bond donors (Lipinski definition) is 2. The molecule has 9 heteroatoms. The highest BCUT2D eigenvalue weighted by atomic mass is 16.5. The highest BCUT2D eigenvalue weighted by molar-refractivity contribution is 5.94. The summed E-state index contributed by atoms with van der Waals surface area (Å²) in [6, 6.07) is 5.92. The molecule has 4 heterocycles. The van der Waals surface area contributed by atoms with Crippen molar-refractivity contribution in [3.05, 3.63) is 42.6 Å². The van der Waals surface area contributed by atoms with Crippen molar-refractivity contribution in [2.24, 2.45) is 0 Å². The number of hydrogen-bond acceptors (Lipinski definition) is 9. The summed E-state index contributed by atoms with van der Waals surface area (Å²) in [6.07, 6.45) is 8.57. The fraction of sp³-hybridized carbons (Fsp3) is 0.462. The average molecular weight is 478 g/mol. The molecule has 2 aliphatic heterocycles. The zero-order chi connectivity index (χ0) is 24.0. The number of cyclic esters (lactones) is 1. The predicted octanol–water partition coefficient (Wildman–Crippen LogP) is 3.48. The standard InChI is InChI=1S/C26H31N5O4/c1-2-8-33-16-24-29-13-17(14-30-24)20-4-5-22-21-11-19(15-28-22)31-18-6-7-27-23(12-18)26(32)35-10-3-9-34-25(20)21/h4-5,11,13-15,18,23,27,31H,2-3,6-10,12,16H2,1H3/t18-,23-/m0/s1. The number of fused-ring (bicyclic) bond motifs is 3. The minimum Gasteiger partial charge on any atom is -0.492 e. The summed E-state index contributed by atoms with van der Waals surface area (Å²) in [5.41, 5.74) is 3.49. The van der Waals surface area contributed by atoms with E-state index in [0.717, 1.165) is 52.9 Å². The van der Waals surface area contributed by atoms with Gasteiger partial charge in [-0.2, -0.15) is 0 Å². The lowest BCUT2D eigenvalue weighted by Gasteiger charge is -2.30. The molecule has 0 amide bonds. The monoisotopic (exact) mass is 477 g/mol. The summed E-state index contributed by atoms with van der Waals surface area (Å²) in [4.78, 5) is 26.1. The number of esters is 1. The summed E-state index contributed by atoms with van der Waals surface area (Å²) in [6.45, 7) is 4.63. The van der Waals surface area contributed by atoms with E-state index in [0.29, 0.717) is 45.1 Å². The number of aromatic nitrogens is 3. The van der Waals surface area contributed by atoms with E-state index >= 15 is 0 Å². The van der Waals surface area contributed by atoms with Crippen LogP contribution in [0.1, 0.15) is 38.4 Å². The fourth-order valence-electron chi connectivity index (χ4n) is 4.48. The van der Waals surface area contributed by atoms with Gasteiger partial charge in [0.05, 0.1) is 30.6 Å². The third-order valence-corrected chi connectivity index (χ3v) is 6.25. The molecule has 0 unspecified atom stereocenters. The van der Waals surface area contributed by atoms with Crippen molar-refractivity contribution in [2.45, 2.75) is 51.3 Å². The minimum absolute atomic E-state index is 0.152. The Balaban J connectivity index is 1.48. The molecule has 0 saturated carbocycles. The number of carbonyl (C=O) groups is 1. The van der Waals surface area contributed by atoms with Gasteiger partial charge in [0.1, 0.15) is 18.4 Å². The number of pyridine rings is 1. The van der Waals surface area contributed by atoms with Crippen molar-refractivity contribution in [1.82, 2.24) is 20.3 Å². The molecule has 9 nitrogen and oxygen atoms in total. The predicted molar refractivity (Wildman–Crippen MR) is 132 cm³/mol. The lowest BCUT2D eigenvalue weighted by atomic mass is 9.99. The van der Waals surface area contributed by atoms with E-state index in [-0.39, 0.29) is 18.1 Å². The first-order valence-electron chi connectivity index (χ1n) is 12.3. The molecule has 3 aromatic rings. The average Bonchev–Trinajstić information content (AvgIpc) is 2.89. The molecule has 0 aliphatic carbocycles. The molecule has 2 aromatic heterocycles. The van der Waals surface area contributed by atoms with Gasteiger partial charge in [-0.3, -0.25) is 9.78 Å². The molecule has 2 atom stereocenters. The summed E-state index contributed by atoms with van der Waals surface area (Å²) in [7, 11) is 0. The molecule has 35 heavy (non-hydrogen) atoms. The highest BCUT2D eigenvalue weighted by Crippen LogP contribution is 2.37. The van der Waals surface area contributed by atoms with Crippen LogP contribution in [0.2, 0.25) is 0 Å². The number of nitrogens with one attached hydrogen (secondary N) is 2. The maximum atomic E-state index is 12.5. The van der Waals surface area contributed by atoms with E-state index < -0.39 is 0 Å². The second kappa shape index (κ2) is 11.0. The summed E-state index contributed by atoms with van der Waals surface area (Å²) in [5.74, 6) is 1.17. The Labute approximate surface area is 204 Å². The Morgan fingerprint density at radius 1 is 1.11 bits per heavy atom. The quantitative estimate of drug-likeness (QED) is 0.422. The van der Waals surface area contributed by atoms with E-state index in [4.69, 9.17) is 14.2 Å². The van der Waals surface area contributed by atoms with Gasteiger partial charge in [0.25, 0.3) is 0 Å². The van der Waals surface area contributed by atoms with Gasteiger partial charge in [-0.1, -0.05) is 6.92 Å². The lowest BCUT2D eigenvalue weighted by molar-refractivity contribution is -0.147. The van der Waals surface area contributed by atoms with Crippen LogP contribution in [-0.4, -0.2) is 59.4 Å². The van der Waals surface area contributed by atoms with Crippen molar-refractivity contribution in [1.29, 1.82) is 0 Å². The Hall–Kier alpha value is -3.30. The number of ether oxygens (including phenoxy) is 3. The van der Waals surface area contributed by atoms with Gasteiger partial charge < -0.3 is 24.8 Å². The number of carbonyl (C=O) groups excluding carboxylic acids is 1. The number of nitrogens with zero attached hydrogens (tertiary/aromatic N) is 3. The highest BCUT2D eigenvalue weighted by Gasteiger charge is 2.28. The third-order valence-electron chi connectivity index (χ3n) is 6.25. The molecule has 5 rings (SSSR count). The molecule has 0 radical (unpaired) electrons. The molecule has 2 aliphatic rings. The molecule has 2 N–H and O–H groups in total. The minimum atomic E-state index is -0.295. The van der Waals surface area contributed by atoms with Crippen molar-refractivity contribution < 1.29 is 19.0 Å². The van der Waals surface area contributed by atoms with E-state index in [9.17, 15) is 4.79 Å². The van der Waals surface area contributed by atoms with Crippen LogP contribution in [0.25, 0.3) is 22.0 Å². The van der Waals surface area contributed by atoms with Crippen LogP contribution < -0.4 is 15.4 Å². The van der Waals surface area contributed by atoms with Crippen LogP contribution in [0.4, 0.5) is 5.69 Å². The Bertz CT molecular complexity index is 1170. The number of piperidine rings is 1. The second-order valence-electron chi connectivity index (χ2n) is 8.92. The number of anilines is 1. The van der Waals surface area contributed by atoms with Crippen molar-refractivity contribution in [3.8, 4) is 16.9 Å². The third kappa shape index (κ3) is 5.52. The Morgan fingerprint density at radius 2 is 1.97 bits per heavy atom. The zero-order valence-corrected chi connectivity index (χ0v) is 20.0. The first kappa shape index (κ1) is 23.4. The second-order valence-corrected chi connectivity index (χ2v) is 8.92. The topological polar surface area (TPSA) is 107 Å². The van der Waals surface area contributed by atoms with Gasteiger partial charge >= 0.3 is 5.97 Å². The van der Waals surface area contributed by atoms with Gasteiger partial charge in [-0.25, -0.2) is 9.97 Å². The molecular weight excluding hydrogens is 446 g/mol. The van der Waals surface area contributed by atoms with Crippen LogP contribution in [-0.2, 0) is 20.9 Å².